The number of aromatic hydroxyl groups is 1. The Hall–Kier alpha value is -2.88. The number of carbonyl (C=O) groups excluding carboxylic acids is 1. The molecule has 0 atom stereocenters. The number of benzene rings is 2. The van der Waals surface area contributed by atoms with Crippen molar-refractivity contribution in [2.75, 3.05) is 0 Å². The van der Waals surface area contributed by atoms with Gasteiger partial charge in [-0.2, -0.15) is 0 Å². The highest BCUT2D eigenvalue weighted by Crippen LogP contribution is 2.29. The average Bonchev–Trinajstić information content (AvgIpc) is 2.97. The number of nitrogens with zero attached hydrogens (tertiary/aromatic N) is 2. The van der Waals surface area contributed by atoms with Gasteiger partial charge in [0.15, 0.2) is 0 Å². The Kier molecular flexibility index (Phi) is 2.82. The van der Waals surface area contributed by atoms with Crippen molar-refractivity contribution in [2.45, 2.75) is 13.1 Å². The normalized spacial score (nSPS) is 13.4. The molecule has 0 fully saturated rings. The highest BCUT2D eigenvalue weighted by atomic mass is 16.3. The number of amides is 1. The second-order valence-electron chi connectivity index (χ2n) is 5.50. The quantitative estimate of drug-likeness (QED) is 0.749. The van der Waals surface area contributed by atoms with E-state index in [-0.39, 0.29) is 11.7 Å². The van der Waals surface area contributed by atoms with Gasteiger partial charge in [-0.1, -0.05) is 30.3 Å². The predicted molar refractivity (Wildman–Crippen MR) is 83.4 cm³/mol. The number of phenolic OH excluding ortho intramolecular Hbond substituents is 1. The van der Waals surface area contributed by atoms with Crippen LogP contribution in [-0.4, -0.2) is 20.9 Å². The molecule has 0 spiro atoms. The molecule has 4 rings (SSSR count). The van der Waals surface area contributed by atoms with Crippen molar-refractivity contribution in [3.8, 4) is 5.75 Å². The van der Waals surface area contributed by atoms with Crippen LogP contribution >= 0.6 is 0 Å². The van der Waals surface area contributed by atoms with Crippen molar-refractivity contribution in [3.63, 3.8) is 0 Å². The Balaban J connectivity index is 1.71. The minimum absolute atomic E-state index is 0.00135. The number of hydrogen-bond donors (Lipinski definition) is 1. The monoisotopic (exact) mass is 290 g/mol. The molecule has 1 amide bonds. The van der Waals surface area contributed by atoms with Crippen molar-refractivity contribution in [1.82, 2.24) is 9.88 Å². The van der Waals surface area contributed by atoms with Gasteiger partial charge in [-0.3, -0.25) is 9.78 Å². The fraction of sp³-hybridized carbons (Fsp3) is 0.111. The van der Waals surface area contributed by atoms with E-state index in [4.69, 9.17) is 0 Å². The Morgan fingerprint density at radius 1 is 1.05 bits per heavy atom. The van der Waals surface area contributed by atoms with Crippen LogP contribution < -0.4 is 0 Å². The van der Waals surface area contributed by atoms with Crippen molar-refractivity contribution in [2.24, 2.45) is 0 Å². The summed E-state index contributed by atoms with van der Waals surface area (Å²) in [7, 11) is 0. The van der Waals surface area contributed by atoms with E-state index in [1.807, 2.05) is 30.3 Å². The van der Waals surface area contributed by atoms with E-state index in [9.17, 15) is 9.90 Å². The van der Waals surface area contributed by atoms with Crippen LogP contribution in [0.3, 0.4) is 0 Å². The Morgan fingerprint density at radius 2 is 1.77 bits per heavy atom. The van der Waals surface area contributed by atoms with E-state index in [0.29, 0.717) is 24.2 Å². The largest absolute Gasteiger partial charge is 0.507 e. The molecule has 1 N–H and O–H groups in total. The summed E-state index contributed by atoms with van der Waals surface area (Å²) in [6, 6.07) is 14.9. The van der Waals surface area contributed by atoms with Crippen LogP contribution in [0.5, 0.6) is 5.75 Å². The van der Waals surface area contributed by atoms with E-state index < -0.39 is 0 Å². The highest BCUT2D eigenvalue weighted by Gasteiger charge is 2.25. The Morgan fingerprint density at radius 3 is 2.50 bits per heavy atom. The summed E-state index contributed by atoms with van der Waals surface area (Å²) in [5.74, 6) is -0.164. The summed E-state index contributed by atoms with van der Waals surface area (Å²) >= 11 is 0. The molecule has 4 heteroatoms. The van der Waals surface area contributed by atoms with Crippen molar-refractivity contribution in [1.29, 1.82) is 0 Å². The lowest BCUT2D eigenvalue weighted by molar-refractivity contribution is 0.0748. The SMILES string of the molecule is O=C(c1cc2ncccc2cc1O)N1Cc2ccccc2C1. The molecular weight excluding hydrogens is 276 g/mol. The van der Waals surface area contributed by atoms with Gasteiger partial charge in [0.1, 0.15) is 5.75 Å². The maximum absolute atomic E-state index is 12.7. The Labute approximate surface area is 127 Å². The van der Waals surface area contributed by atoms with Gasteiger partial charge in [-0.15, -0.1) is 0 Å². The first-order chi connectivity index (χ1) is 10.7. The molecule has 22 heavy (non-hydrogen) atoms. The van der Waals surface area contributed by atoms with E-state index in [2.05, 4.69) is 4.98 Å². The molecule has 108 valence electrons. The molecule has 0 bridgehead atoms. The highest BCUT2D eigenvalue weighted by molar-refractivity contribution is 6.00. The van der Waals surface area contributed by atoms with E-state index >= 15 is 0 Å². The Bertz CT molecular complexity index is 864. The first-order valence-electron chi connectivity index (χ1n) is 7.16. The third kappa shape index (κ3) is 2.00. The molecule has 0 saturated carbocycles. The van der Waals surface area contributed by atoms with Gasteiger partial charge in [-0.25, -0.2) is 0 Å². The summed E-state index contributed by atoms with van der Waals surface area (Å²) in [6.07, 6.45) is 1.68. The van der Waals surface area contributed by atoms with Gasteiger partial charge >= 0.3 is 0 Å². The minimum Gasteiger partial charge on any atom is -0.507 e. The zero-order valence-electron chi connectivity index (χ0n) is 11.9. The molecule has 1 aliphatic rings. The number of pyridine rings is 1. The molecule has 0 aliphatic carbocycles. The van der Waals surface area contributed by atoms with E-state index in [0.717, 1.165) is 16.5 Å². The third-order valence-corrected chi connectivity index (χ3v) is 4.08. The molecule has 0 radical (unpaired) electrons. The lowest BCUT2D eigenvalue weighted by Crippen LogP contribution is -2.25. The molecule has 1 aromatic heterocycles. The van der Waals surface area contributed by atoms with Crippen molar-refractivity contribution >= 4 is 16.8 Å². The smallest absolute Gasteiger partial charge is 0.258 e. The number of phenols is 1. The summed E-state index contributed by atoms with van der Waals surface area (Å²) in [4.78, 5) is 18.7. The molecule has 1 aliphatic heterocycles. The lowest BCUT2D eigenvalue weighted by Gasteiger charge is -2.16. The predicted octanol–water partition coefficient (Wildman–Crippen LogP) is 3.10. The molecule has 2 aromatic carbocycles. The summed E-state index contributed by atoms with van der Waals surface area (Å²) < 4.78 is 0. The van der Waals surface area contributed by atoms with Crippen LogP contribution in [0.4, 0.5) is 0 Å². The van der Waals surface area contributed by atoms with Crippen molar-refractivity contribution in [3.05, 3.63) is 71.4 Å². The van der Waals surface area contributed by atoms with Crippen LogP contribution in [0, 0.1) is 0 Å². The summed E-state index contributed by atoms with van der Waals surface area (Å²) in [5, 5.41) is 11.0. The van der Waals surface area contributed by atoms with Gasteiger partial charge in [0.2, 0.25) is 0 Å². The van der Waals surface area contributed by atoms with Crippen LogP contribution in [-0.2, 0) is 13.1 Å². The number of hydrogen-bond acceptors (Lipinski definition) is 3. The van der Waals surface area contributed by atoms with Crippen molar-refractivity contribution < 1.29 is 9.90 Å². The first-order valence-corrected chi connectivity index (χ1v) is 7.16. The van der Waals surface area contributed by atoms with Crippen LogP contribution in [0.1, 0.15) is 21.5 Å². The number of fused-ring (bicyclic) bond motifs is 2. The van der Waals surface area contributed by atoms with Gasteiger partial charge in [0, 0.05) is 24.7 Å². The van der Waals surface area contributed by atoms with Crippen LogP contribution in [0.2, 0.25) is 0 Å². The topological polar surface area (TPSA) is 53.4 Å². The van der Waals surface area contributed by atoms with Crippen LogP contribution in [0.25, 0.3) is 10.9 Å². The zero-order chi connectivity index (χ0) is 15.1. The molecule has 0 unspecified atom stereocenters. The fourth-order valence-corrected chi connectivity index (χ4v) is 2.93. The number of rotatable bonds is 1. The lowest BCUT2D eigenvalue weighted by atomic mass is 10.1. The standard InChI is InChI=1S/C18H14N2O2/c21-17-8-12-6-3-7-19-16(12)9-15(17)18(22)20-10-13-4-1-2-5-14(13)11-20/h1-9,21H,10-11H2. The average molecular weight is 290 g/mol. The summed E-state index contributed by atoms with van der Waals surface area (Å²) in [6.45, 7) is 1.16. The van der Waals surface area contributed by atoms with E-state index in [1.165, 1.54) is 0 Å². The third-order valence-electron chi connectivity index (χ3n) is 4.08. The molecule has 4 nitrogen and oxygen atoms in total. The molecular formula is C18H14N2O2. The molecule has 0 saturated heterocycles. The van der Waals surface area contributed by atoms with Gasteiger partial charge in [0.05, 0.1) is 11.1 Å². The van der Waals surface area contributed by atoms with Gasteiger partial charge in [0.25, 0.3) is 5.91 Å². The molecule has 3 aromatic rings. The summed E-state index contributed by atoms with van der Waals surface area (Å²) in [5.41, 5.74) is 3.34. The maximum atomic E-state index is 12.7. The zero-order valence-corrected chi connectivity index (χ0v) is 11.9. The molecule has 2 heterocycles. The second-order valence-corrected chi connectivity index (χ2v) is 5.50. The number of aromatic nitrogens is 1. The van der Waals surface area contributed by atoms with Gasteiger partial charge < -0.3 is 10.0 Å². The van der Waals surface area contributed by atoms with E-state index in [1.54, 1.807) is 29.3 Å². The van der Waals surface area contributed by atoms with Crippen LogP contribution in [0.15, 0.2) is 54.7 Å². The first kappa shape index (κ1) is 12.8. The van der Waals surface area contributed by atoms with Gasteiger partial charge in [-0.05, 0) is 29.3 Å². The fourth-order valence-electron chi connectivity index (χ4n) is 2.93. The second kappa shape index (κ2) is 4.84. The minimum atomic E-state index is -0.166. The number of carbonyl (C=O) groups is 1. The maximum Gasteiger partial charge on any atom is 0.258 e.